The number of ether oxygens (including phenoxy) is 1. The van der Waals surface area contributed by atoms with E-state index < -0.39 is 0 Å². The van der Waals surface area contributed by atoms with Crippen LogP contribution in [0.5, 0.6) is 11.5 Å². The Morgan fingerprint density at radius 1 is 1.26 bits per heavy atom. The first-order valence-corrected chi connectivity index (χ1v) is 6.98. The lowest BCUT2D eigenvalue weighted by atomic mass is 10.1. The lowest BCUT2D eigenvalue weighted by molar-refractivity contribution is -0.121. The normalized spacial score (nSPS) is 14.2. The third-order valence-corrected chi connectivity index (χ3v) is 3.37. The Morgan fingerprint density at radius 2 is 2.05 bits per heavy atom. The maximum atomic E-state index is 11.9. The van der Waals surface area contributed by atoms with Gasteiger partial charge >= 0.3 is 0 Å². The van der Waals surface area contributed by atoms with E-state index in [0.29, 0.717) is 18.0 Å². The van der Waals surface area contributed by atoms with Gasteiger partial charge in [-0.05, 0) is 18.6 Å². The van der Waals surface area contributed by atoms with E-state index in [4.69, 9.17) is 4.74 Å². The number of benzene rings is 1. The largest absolute Gasteiger partial charge is 0.508 e. The molecule has 0 radical (unpaired) electrons. The summed E-state index contributed by atoms with van der Waals surface area (Å²) in [5.74, 6) is 0.799. The van der Waals surface area contributed by atoms with Crippen LogP contribution in [0.25, 0.3) is 0 Å². The summed E-state index contributed by atoms with van der Waals surface area (Å²) in [5.41, 5.74) is 0.687. The predicted octanol–water partition coefficient (Wildman–Crippen LogP) is 3.09. The van der Waals surface area contributed by atoms with Crippen LogP contribution in [0, 0.1) is 0 Å². The number of hydrogen-bond donors (Lipinski definition) is 1. The Kier molecular flexibility index (Phi) is 4.66. The molecule has 0 fully saturated rings. The minimum absolute atomic E-state index is 0.0337. The number of carbonyl (C=O) groups is 1. The van der Waals surface area contributed by atoms with Gasteiger partial charge in [0.25, 0.3) is 5.91 Å². The highest BCUT2D eigenvalue weighted by molar-refractivity contribution is 5.98. The number of phenols is 1. The van der Waals surface area contributed by atoms with Crippen LogP contribution in [0.3, 0.4) is 0 Å². The molecule has 4 heteroatoms. The van der Waals surface area contributed by atoms with Gasteiger partial charge in [-0.3, -0.25) is 4.79 Å². The SMILES string of the molecule is CCCCCCCN1C(=O)COc2ccc(O)cc21. The van der Waals surface area contributed by atoms with E-state index in [1.165, 1.54) is 19.3 Å². The number of phenolic OH excluding ortho intramolecular Hbond substituents is 1. The highest BCUT2D eigenvalue weighted by Gasteiger charge is 2.25. The van der Waals surface area contributed by atoms with Gasteiger partial charge in [-0.25, -0.2) is 0 Å². The first kappa shape index (κ1) is 13.7. The number of nitrogens with zero attached hydrogens (tertiary/aromatic N) is 1. The van der Waals surface area contributed by atoms with Crippen molar-refractivity contribution in [3.8, 4) is 11.5 Å². The molecule has 0 saturated carbocycles. The minimum Gasteiger partial charge on any atom is -0.508 e. The van der Waals surface area contributed by atoms with Crippen molar-refractivity contribution >= 4 is 11.6 Å². The van der Waals surface area contributed by atoms with Crippen LogP contribution >= 0.6 is 0 Å². The zero-order valence-corrected chi connectivity index (χ0v) is 11.4. The number of amides is 1. The Bertz CT molecular complexity index is 445. The Balaban J connectivity index is 1.99. The summed E-state index contributed by atoms with van der Waals surface area (Å²) in [4.78, 5) is 13.6. The van der Waals surface area contributed by atoms with Gasteiger partial charge in [0, 0.05) is 12.6 Å². The molecule has 1 aromatic carbocycles. The van der Waals surface area contributed by atoms with Crippen LogP contribution in [-0.4, -0.2) is 24.2 Å². The summed E-state index contributed by atoms with van der Waals surface area (Å²) in [5, 5.41) is 9.54. The lowest BCUT2D eigenvalue weighted by Crippen LogP contribution is -2.39. The van der Waals surface area contributed by atoms with Gasteiger partial charge in [0.2, 0.25) is 0 Å². The lowest BCUT2D eigenvalue weighted by Gasteiger charge is -2.29. The van der Waals surface area contributed by atoms with Crippen molar-refractivity contribution in [3.05, 3.63) is 18.2 Å². The summed E-state index contributed by atoms with van der Waals surface area (Å²) in [6.45, 7) is 2.97. The van der Waals surface area contributed by atoms with Crippen molar-refractivity contribution < 1.29 is 14.6 Å². The fourth-order valence-electron chi connectivity index (χ4n) is 2.31. The summed E-state index contributed by atoms with van der Waals surface area (Å²) >= 11 is 0. The predicted molar refractivity (Wildman–Crippen MR) is 74.7 cm³/mol. The third-order valence-electron chi connectivity index (χ3n) is 3.37. The van der Waals surface area contributed by atoms with E-state index in [9.17, 15) is 9.90 Å². The summed E-state index contributed by atoms with van der Waals surface area (Å²) in [6.07, 6.45) is 5.79. The third kappa shape index (κ3) is 3.40. The molecule has 0 atom stereocenters. The van der Waals surface area contributed by atoms with Gasteiger partial charge in [0.05, 0.1) is 5.69 Å². The van der Waals surface area contributed by atoms with E-state index in [1.54, 1.807) is 23.1 Å². The fraction of sp³-hybridized carbons (Fsp3) is 0.533. The molecule has 1 aliphatic heterocycles. The Morgan fingerprint density at radius 3 is 2.84 bits per heavy atom. The molecule has 1 heterocycles. The second-order valence-corrected chi connectivity index (χ2v) is 4.90. The minimum atomic E-state index is -0.0337. The monoisotopic (exact) mass is 263 g/mol. The summed E-state index contributed by atoms with van der Waals surface area (Å²) < 4.78 is 5.36. The van der Waals surface area contributed by atoms with Gasteiger partial charge in [0.15, 0.2) is 6.61 Å². The second kappa shape index (κ2) is 6.45. The van der Waals surface area contributed by atoms with E-state index in [2.05, 4.69) is 6.92 Å². The van der Waals surface area contributed by atoms with Crippen LogP contribution in [-0.2, 0) is 4.79 Å². The van der Waals surface area contributed by atoms with E-state index >= 15 is 0 Å². The molecule has 1 N–H and O–H groups in total. The highest BCUT2D eigenvalue weighted by Crippen LogP contribution is 2.35. The van der Waals surface area contributed by atoms with Crippen molar-refractivity contribution in [2.24, 2.45) is 0 Å². The number of aromatic hydroxyl groups is 1. The molecule has 1 amide bonds. The topological polar surface area (TPSA) is 49.8 Å². The zero-order chi connectivity index (χ0) is 13.7. The van der Waals surface area contributed by atoms with Crippen LogP contribution in [0.4, 0.5) is 5.69 Å². The van der Waals surface area contributed by atoms with E-state index in [-0.39, 0.29) is 18.3 Å². The molecule has 0 spiro atoms. The fourth-order valence-corrected chi connectivity index (χ4v) is 2.31. The molecule has 4 nitrogen and oxygen atoms in total. The molecule has 104 valence electrons. The number of unbranched alkanes of at least 4 members (excludes halogenated alkanes) is 4. The first-order valence-electron chi connectivity index (χ1n) is 6.98. The number of hydrogen-bond acceptors (Lipinski definition) is 3. The van der Waals surface area contributed by atoms with Gasteiger partial charge < -0.3 is 14.7 Å². The van der Waals surface area contributed by atoms with Crippen LogP contribution in [0.15, 0.2) is 18.2 Å². The van der Waals surface area contributed by atoms with E-state index in [1.807, 2.05) is 0 Å². The van der Waals surface area contributed by atoms with Crippen molar-refractivity contribution in [1.29, 1.82) is 0 Å². The van der Waals surface area contributed by atoms with E-state index in [0.717, 1.165) is 12.8 Å². The highest BCUT2D eigenvalue weighted by atomic mass is 16.5. The smallest absolute Gasteiger partial charge is 0.265 e. The number of fused-ring (bicyclic) bond motifs is 1. The summed E-state index contributed by atoms with van der Waals surface area (Å²) in [6, 6.07) is 4.88. The van der Waals surface area contributed by atoms with Crippen molar-refractivity contribution in [2.75, 3.05) is 18.1 Å². The molecule has 0 aliphatic carbocycles. The molecule has 1 aliphatic rings. The average Bonchev–Trinajstić information content (AvgIpc) is 2.40. The first-order chi connectivity index (χ1) is 9.22. The quantitative estimate of drug-likeness (QED) is 0.802. The molecule has 1 aromatic rings. The molecular weight excluding hydrogens is 242 g/mol. The maximum Gasteiger partial charge on any atom is 0.265 e. The number of carbonyl (C=O) groups excluding carboxylic acids is 1. The number of rotatable bonds is 6. The summed E-state index contributed by atoms with van der Waals surface area (Å²) in [7, 11) is 0. The molecular formula is C15H21NO3. The van der Waals surface area contributed by atoms with Gasteiger partial charge in [-0.2, -0.15) is 0 Å². The number of anilines is 1. The van der Waals surface area contributed by atoms with Crippen molar-refractivity contribution in [1.82, 2.24) is 0 Å². The van der Waals surface area contributed by atoms with Gasteiger partial charge in [0.1, 0.15) is 11.5 Å². The van der Waals surface area contributed by atoms with Crippen LogP contribution < -0.4 is 9.64 Å². The second-order valence-electron chi connectivity index (χ2n) is 4.90. The molecule has 19 heavy (non-hydrogen) atoms. The Hall–Kier alpha value is -1.71. The molecule has 0 unspecified atom stereocenters. The molecule has 0 bridgehead atoms. The van der Waals surface area contributed by atoms with Gasteiger partial charge in [-0.1, -0.05) is 32.6 Å². The van der Waals surface area contributed by atoms with Crippen molar-refractivity contribution in [3.63, 3.8) is 0 Å². The maximum absolute atomic E-state index is 11.9. The Labute approximate surface area is 114 Å². The molecule has 0 saturated heterocycles. The van der Waals surface area contributed by atoms with Crippen molar-refractivity contribution in [2.45, 2.75) is 39.0 Å². The zero-order valence-electron chi connectivity index (χ0n) is 11.4. The van der Waals surface area contributed by atoms with Crippen LogP contribution in [0.1, 0.15) is 39.0 Å². The van der Waals surface area contributed by atoms with Crippen LogP contribution in [0.2, 0.25) is 0 Å². The molecule has 2 rings (SSSR count). The van der Waals surface area contributed by atoms with Gasteiger partial charge in [-0.15, -0.1) is 0 Å². The standard InChI is InChI=1S/C15H21NO3/c1-2-3-4-5-6-9-16-13-10-12(17)7-8-14(13)19-11-15(16)18/h7-8,10,17H,2-6,9,11H2,1H3. The average molecular weight is 263 g/mol. The molecule has 0 aromatic heterocycles.